The van der Waals surface area contributed by atoms with Gasteiger partial charge in [0.1, 0.15) is 6.04 Å². The molecule has 0 spiro atoms. The van der Waals surface area contributed by atoms with Crippen LogP contribution >= 0.6 is 0 Å². The number of hydrazine groups is 2. The van der Waals surface area contributed by atoms with Crippen LogP contribution in [0.1, 0.15) is 19.3 Å². The lowest BCUT2D eigenvalue weighted by Gasteiger charge is -2.27. The predicted molar refractivity (Wildman–Crippen MR) is 52.8 cm³/mol. The maximum atomic E-state index is 11.6. The minimum atomic E-state index is -0.239. The molecule has 0 aromatic rings. The fourth-order valence-corrected chi connectivity index (χ4v) is 1.71. The normalized spacial score (nSPS) is 27.3. The van der Waals surface area contributed by atoms with Gasteiger partial charge in [-0.2, -0.15) is 0 Å². The van der Waals surface area contributed by atoms with E-state index < -0.39 is 0 Å². The van der Waals surface area contributed by atoms with Crippen molar-refractivity contribution in [2.24, 2.45) is 0 Å². The maximum Gasteiger partial charge on any atom is 0.257 e. The number of nitrogens with zero attached hydrogens (tertiary/aromatic N) is 1. The van der Waals surface area contributed by atoms with Gasteiger partial charge in [-0.15, -0.1) is 0 Å². The quantitative estimate of drug-likeness (QED) is 0.557. The molecule has 5 heteroatoms. The van der Waals surface area contributed by atoms with Gasteiger partial charge in [0.2, 0.25) is 0 Å². The van der Waals surface area contributed by atoms with E-state index in [4.69, 9.17) is 0 Å². The smallest absolute Gasteiger partial charge is 0.257 e. The summed E-state index contributed by atoms with van der Waals surface area (Å²) in [7, 11) is 0. The molecule has 1 amide bonds. The number of hydrogen-bond donors (Lipinski definition) is 3. The molecule has 3 N–H and O–H groups in total. The molecule has 0 radical (unpaired) electrons. The highest BCUT2D eigenvalue weighted by atomic mass is 16.2. The van der Waals surface area contributed by atoms with Crippen molar-refractivity contribution in [3.8, 4) is 0 Å². The number of amides is 1. The summed E-state index contributed by atoms with van der Waals surface area (Å²) >= 11 is 0. The molecule has 0 saturated carbocycles. The van der Waals surface area contributed by atoms with Gasteiger partial charge in [0.05, 0.1) is 0 Å². The first kappa shape index (κ1) is 9.48. The third-order valence-corrected chi connectivity index (χ3v) is 2.52. The first-order chi connectivity index (χ1) is 6.86. The van der Waals surface area contributed by atoms with Crippen LogP contribution in [0.15, 0.2) is 12.3 Å². The highest BCUT2D eigenvalue weighted by Gasteiger charge is 2.20. The largest absolute Gasteiger partial charge is 0.328 e. The Labute approximate surface area is 83.5 Å². The van der Waals surface area contributed by atoms with Gasteiger partial charge in [-0.3, -0.25) is 10.2 Å². The summed E-state index contributed by atoms with van der Waals surface area (Å²) in [5, 5.41) is 2.00. The summed E-state index contributed by atoms with van der Waals surface area (Å²) in [4.78, 5) is 11.6. The Morgan fingerprint density at radius 2 is 2.14 bits per heavy atom. The molecule has 1 saturated heterocycles. The SMILES string of the molecule is O=C(NN1CCCCC1)C1C=CNN1. The molecule has 0 bridgehead atoms. The van der Waals surface area contributed by atoms with E-state index in [0.29, 0.717) is 0 Å². The first-order valence-electron chi connectivity index (χ1n) is 5.09. The fourth-order valence-electron chi connectivity index (χ4n) is 1.71. The molecule has 78 valence electrons. The minimum Gasteiger partial charge on any atom is -0.328 e. The Morgan fingerprint density at radius 3 is 2.79 bits per heavy atom. The van der Waals surface area contributed by atoms with E-state index in [1.54, 1.807) is 12.3 Å². The van der Waals surface area contributed by atoms with E-state index in [1.807, 2.05) is 5.01 Å². The van der Waals surface area contributed by atoms with Crippen LogP contribution in [0.3, 0.4) is 0 Å². The van der Waals surface area contributed by atoms with Crippen molar-refractivity contribution in [3.63, 3.8) is 0 Å². The van der Waals surface area contributed by atoms with Crippen molar-refractivity contribution in [2.75, 3.05) is 13.1 Å². The van der Waals surface area contributed by atoms with Gasteiger partial charge in [0.15, 0.2) is 0 Å². The summed E-state index contributed by atoms with van der Waals surface area (Å²) in [6.07, 6.45) is 7.16. The van der Waals surface area contributed by atoms with Crippen LogP contribution in [0.5, 0.6) is 0 Å². The van der Waals surface area contributed by atoms with Crippen LogP contribution in [0.2, 0.25) is 0 Å². The lowest BCUT2D eigenvalue weighted by atomic mass is 10.2. The van der Waals surface area contributed by atoms with Crippen molar-refractivity contribution >= 4 is 5.91 Å². The molecule has 2 rings (SSSR count). The van der Waals surface area contributed by atoms with Crippen molar-refractivity contribution in [2.45, 2.75) is 25.3 Å². The van der Waals surface area contributed by atoms with E-state index in [-0.39, 0.29) is 11.9 Å². The Balaban J connectivity index is 1.78. The number of piperidine rings is 1. The van der Waals surface area contributed by atoms with Gasteiger partial charge in [0, 0.05) is 19.3 Å². The Morgan fingerprint density at radius 1 is 1.36 bits per heavy atom. The summed E-state index contributed by atoms with van der Waals surface area (Å²) in [5.41, 5.74) is 8.53. The van der Waals surface area contributed by atoms with Crippen molar-refractivity contribution in [1.82, 2.24) is 21.3 Å². The molecule has 1 unspecified atom stereocenters. The number of hydrogen-bond acceptors (Lipinski definition) is 4. The molecule has 14 heavy (non-hydrogen) atoms. The standard InChI is InChI=1S/C9H16N4O/c14-9(8-4-5-10-11-8)12-13-6-2-1-3-7-13/h4-5,8,10-11H,1-3,6-7H2,(H,12,14). The zero-order valence-corrected chi connectivity index (χ0v) is 8.12. The van der Waals surface area contributed by atoms with E-state index in [1.165, 1.54) is 19.3 Å². The average molecular weight is 196 g/mol. The van der Waals surface area contributed by atoms with Gasteiger partial charge in [0.25, 0.3) is 5.91 Å². The van der Waals surface area contributed by atoms with E-state index in [9.17, 15) is 4.79 Å². The summed E-state index contributed by atoms with van der Waals surface area (Å²) in [6, 6.07) is -0.239. The molecule has 0 aromatic heterocycles. The van der Waals surface area contributed by atoms with Crippen molar-refractivity contribution < 1.29 is 4.79 Å². The van der Waals surface area contributed by atoms with E-state index in [2.05, 4.69) is 16.3 Å². The summed E-state index contributed by atoms with van der Waals surface area (Å²) in [5.74, 6) is 0.00755. The van der Waals surface area contributed by atoms with Crippen LogP contribution < -0.4 is 16.3 Å². The van der Waals surface area contributed by atoms with Crippen molar-refractivity contribution in [1.29, 1.82) is 0 Å². The third kappa shape index (κ3) is 2.24. The molecule has 1 fully saturated rings. The zero-order chi connectivity index (χ0) is 9.80. The van der Waals surface area contributed by atoms with Gasteiger partial charge >= 0.3 is 0 Å². The van der Waals surface area contributed by atoms with E-state index in [0.717, 1.165) is 13.1 Å². The number of carbonyl (C=O) groups is 1. The molecule has 2 heterocycles. The third-order valence-electron chi connectivity index (χ3n) is 2.52. The van der Waals surface area contributed by atoms with Crippen LogP contribution in [0.25, 0.3) is 0 Å². The van der Waals surface area contributed by atoms with E-state index >= 15 is 0 Å². The Kier molecular flexibility index (Phi) is 3.00. The molecule has 2 aliphatic rings. The lowest BCUT2D eigenvalue weighted by Crippen LogP contribution is -2.52. The second-order valence-corrected chi connectivity index (χ2v) is 3.65. The van der Waals surface area contributed by atoms with Gasteiger partial charge in [-0.25, -0.2) is 10.4 Å². The van der Waals surface area contributed by atoms with Gasteiger partial charge in [-0.1, -0.05) is 6.42 Å². The molecule has 5 nitrogen and oxygen atoms in total. The molecule has 0 aliphatic carbocycles. The summed E-state index contributed by atoms with van der Waals surface area (Å²) < 4.78 is 0. The first-order valence-corrected chi connectivity index (χ1v) is 5.09. The molecular formula is C9H16N4O. The van der Waals surface area contributed by atoms with Crippen LogP contribution in [0, 0.1) is 0 Å². The topological polar surface area (TPSA) is 56.4 Å². The summed E-state index contributed by atoms with van der Waals surface area (Å²) in [6.45, 7) is 1.94. The second kappa shape index (κ2) is 4.43. The molecule has 1 atom stereocenters. The van der Waals surface area contributed by atoms with Gasteiger partial charge < -0.3 is 5.43 Å². The number of rotatable bonds is 2. The maximum absolute atomic E-state index is 11.6. The minimum absolute atomic E-state index is 0.00755. The Bertz CT molecular complexity index is 235. The zero-order valence-electron chi connectivity index (χ0n) is 8.12. The van der Waals surface area contributed by atoms with Crippen LogP contribution in [-0.4, -0.2) is 30.0 Å². The van der Waals surface area contributed by atoms with Gasteiger partial charge in [-0.05, 0) is 18.9 Å². The van der Waals surface area contributed by atoms with Crippen molar-refractivity contribution in [3.05, 3.63) is 12.3 Å². The number of carbonyl (C=O) groups excluding carboxylic acids is 1. The predicted octanol–water partition coefficient (Wildman–Crippen LogP) is -0.506. The Hall–Kier alpha value is -1.07. The van der Waals surface area contributed by atoms with Crippen LogP contribution in [-0.2, 0) is 4.79 Å². The highest BCUT2D eigenvalue weighted by Crippen LogP contribution is 2.06. The molecule has 2 aliphatic heterocycles. The highest BCUT2D eigenvalue weighted by molar-refractivity contribution is 5.83. The number of nitrogens with one attached hydrogen (secondary N) is 3. The average Bonchev–Trinajstić information content (AvgIpc) is 2.72. The monoisotopic (exact) mass is 196 g/mol. The fraction of sp³-hybridized carbons (Fsp3) is 0.667. The molecular weight excluding hydrogens is 180 g/mol. The molecule has 0 aromatic carbocycles. The lowest BCUT2D eigenvalue weighted by molar-refractivity contribution is -0.127. The van der Waals surface area contributed by atoms with Crippen LogP contribution in [0.4, 0.5) is 0 Å². The second-order valence-electron chi connectivity index (χ2n) is 3.65.